The lowest BCUT2D eigenvalue weighted by Gasteiger charge is -2.23. The van der Waals surface area contributed by atoms with Crippen molar-refractivity contribution >= 4 is 5.97 Å². The maximum Gasteiger partial charge on any atom is 0.358 e. The highest BCUT2D eigenvalue weighted by molar-refractivity contribution is 5.84. The Bertz CT molecular complexity index is 391. The molecule has 2 heterocycles. The quantitative estimate of drug-likeness (QED) is 0.823. The second-order valence-corrected chi connectivity index (χ2v) is 4.46. The molecule has 1 N–H and O–H groups in total. The summed E-state index contributed by atoms with van der Waals surface area (Å²) < 4.78 is 1.64. The fourth-order valence-corrected chi connectivity index (χ4v) is 2.39. The van der Waals surface area contributed by atoms with Crippen LogP contribution in [0.25, 0.3) is 0 Å². The molecule has 1 atom stereocenters. The van der Waals surface area contributed by atoms with Crippen LogP contribution < -0.4 is 0 Å². The van der Waals surface area contributed by atoms with Crippen molar-refractivity contribution in [2.75, 3.05) is 13.1 Å². The molecule has 94 valence electrons. The number of aromatic carboxylic acids is 1. The highest BCUT2D eigenvalue weighted by atomic mass is 16.4. The minimum Gasteiger partial charge on any atom is -0.476 e. The molecule has 17 heavy (non-hydrogen) atoms. The van der Waals surface area contributed by atoms with Crippen LogP contribution in [0.1, 0.15) is 36.7 Å². The first-order valence-electron chi connectivity index (χ1n) is 6.08. The molecule has 0 bridgehead atoms. The molecular formula is C11H18N4O2. The average molecular weight is 238 g/mol. The Labute approximate surface area is 100 Å². The first kappa shape index (κ1) is 12.0. The van der Waals surface area contributed by atoms with Gasteiger partial charge in [0.05, 0.1) is 12.7 Å². The molecule has 0 saturated carbocycles. The Balaban J connectivity index is 1.97. The number of hydrogen-bond donors (Lipinski definition) is 1. The zero-order chi connectivity index (χ0) is 12.3. The number of nitrogens with zero attached hydrogens (tertiary/aromatic N) is 4. The third-order valence-corrected chi connectivity index (χ3v) is 3.17. The summed E-state index contributed by atoms with van der Waals surface area (Å²) in [6.45, 7) is 5.15. The van der Waals surface area contributed by atoms with Crippen molar-refractivity contribution in [3.8, 4) is 0 Å². The molecule has 1 aliphatic heterocycles. The highest BCUT2D eigenvalue weighted by Gasteiger charge is 2.24. The second kappa shape index (κ2) is 5.27. The Morgan fingerprint density at radius 3 is 3.12 bits per heavy atom. The number of carboxylic acids is 1. The smallest absolute Gasteiger partial charge is 0.358 e. The van der Waals surface area contributed by atoms with Gasteiger partial charge in [0.1, 0.15) is 0 Å². The van der Waals surface area contributed by atoms with E-state index in [0.29, 0.717) is 6.04 Å². The SMILES string of the molecule is CCCN1CCCC1Cn1cc(C(=O)O)nn1. The molecule has 0 amide bonds. The summed E-state index contributed by atoms with van der Waals surface area (Å²) in [5, 5.41) is 16.2. The van der Waals surface area contributed by atoms with Gasteiger partial charge in [0, 0.05) is 6.04 Å². The van der Waals surface area contributed by atoms with E-state index in [0.717, 1.165) is 32.5 Å². The van der Waals surface area contributed by atoms with E-state index in [1.807, 2.05) is 0 Å². The zero-order valence-corrected chi connectivity index (χ0v) is 10.0. The van der Waals surface area contributed by atoms with E-state index < -0.39 is 5.97 Å². The van der Waals surface area contributed by atoms with Gasteiger partial charge in [-0.3, -0.25) is 9.58 Å². The third kappa shape index (κ3) is 2.82. The molecule has 6 heteroatoms. The molecular weight excluding hydrogens is 220 g/mol. The molecule has 0 aliphatic carbocycles. The Morgan fingerprint density at radius 1 is 1.65 bits per heavy atom. The van der Waals surface area contributed by atoms with E-state index in [2.05, 4.69) is 22.1 Å². The number of aromatic nitrogens is 3. The van der Waals surface area contributed by atoms with Gasteiger partial charge in [-0.2, -0.15) is 0 Å². The Morgan fingerprint density at radius 2 is 2.47 bits per heavy atom. The normalized spacial score (nSPS) is 20.9. The van der Waals surface area contributed by atoms with Gasteiger partial charge in [0.2, 0.25) is 0 Å². The molecule has 6 nitrogen and oxygen atoms in total. The zero-order valence-electron chi connectivity index (χ0n) is 10.0. The molecule has 1 aromatic rings. The standard InChI is InChI=1S/C11H18N4O2/c1-2-5-14-6-3-4-9(14)7-15-8-10(11(16)17)12-13-15/h8-9H,2-7H2,1H3,(H,16,17). The van der Waals surface area contributed by atoms with Crippen molar-refractivity contribution in [3.63, 3.8) is 0 Å². The summed E-state index contributed by atoms with van der Waals surface area (Å²) >= 11 is 0. The van der Waals surface area contributed by atoms with E-state index in [1.54, 1.807) is 4.68 Å². The van der Waals surface area contributed by atoms with Crippen LogP contribution in [0, 0.1) is 0 Å². The van der Waals surface area contributed by atoms with Crippen molar-refractivity contribution in [1.82, 2.24) is 19.9 Å². The van der Waals surface area contributed by atoms with Crippen molar-refractivity contribution in [2.24, 2.45) is 0 Å². The molecule has 2 rings (SSSR count). The van der Waals surface area contributed by atoms with Crippen LogP contribution in [-0.4, -0.2) is 50.1 Å². The monoisotopic (exact) mass is 238 g/mol. The fourth-order valence-electron chi connectivity index (χ4n) is 2.39. The Hall–Kier alpha value is -1.43. The maximum atomic E-state index is 10.7. The number of rotatable bonds is 5. The summed E-state index contributed by atoms with van der Waals surface area (Å²) in [5.41, 5.74) is 0.0186. The van der Waals surface area contributed by atoms with Crippen LogP contribution in [0.5, 0.6) is 0 Å². The van der Waals surface area contributed by atoms with Crippen LogP contribution in [0.4, 0.5) is 0 Å². The minimum absolute atomic E-state index is 0.0186. The number of carboxylic acid groups (broad SMARTS) is 1. The summed E-state index contributed by atoms with van der Waals surface area (Å²) in [6.07, 6.45) is 5.02. The van der Waals surface area contributed by atoms with E-state index in [1.165, 1.54) is 12.6 Å². The summed E-state index contributed by atoms with van der Waals surface area (Å²) in [6, 6.07) is 0.471. The highest BCUT2D eigenvalue weighted by Crippen LogP contribution is 2.18. The van der Waals surface area contributed by atoms with Gasteiger partial charge in [-0.25, -0.2) is 4.79 Å². The molecule has 1 aliphatic rings. The van der Waals surface area contributed by atoms with Crippen LogP contribution >= 0.6 is 0 Å². The van der Waals surface area contributed by atoms with Gasteiger partial charge in [-0.1, -0.05) is 12.1 Å². The lowest BCUT2D eigenvalue weighted by molar-refractivity contribution is 0.0690. The van der Waals surface area contributed by atoms with Crippen molar-refractivity contribution < 1.29 is 9.90 Å². The molecule has 1 unspecified atom stereocenters. The van der Waals surface area contributed by atoms with Crippen molar-refractivity contribution in [1.29, 1.82) is 0 Å². The molecule has 1 aromatic heterocycles. The van der Waals surface area contributed by atoms with Gasteiger partial charge in [0.25, 0.3) is 0 Å². The topological polar surface area (TPSA) is 71.2 Å². The number of likely N-dealkylation sites (tertiary alicyclic amines) is 1. The van der Waals surface area contributed by atoms with E-state index in [-0.39, 0.29) is 5.69 Å². The van der Waals surface area contributed by atoms with Crippen LogP contribution in [0.3, 0.4) is 0 Å². The predicted molar refractivity (Wildman–Crippen MR) is 61.9 cm³/mol. The van der Waals surface area contributed by atoms with Gasteiger partial charge in [-0.15, -0.1) is 5.10 Å². The summed E-state index contributed by atoms with van der Waals surface area (Å²) in [4.78, 5) is 13.1. The van der Waals surface area contributed by atoms with Crippen LogP contribution in [0.15, 0.2) is 6.20 Å². The minimum atomic E-state index is -1.02. The van der Waals surface area contributed by atoms with Gasteiger partial charge in [0.15, 0.2) is 5.69 Å². The van der Waals surface area contributed by atoms with Crippen LogP contribution in [-0.2, 0) is 6.54 Å². The average Bonchev–Trinajstić information content (AvgIpc) is 2.90. The number of hydrogen-bond acceptors (Lipinski definition) is 4. The second-order valence-electron chi connectivity index (χ2n) is 4.46. The molecule has 0 radical (unpaired) electrons. The first-order valence-corrected chi connectivity index (χ1v) is 6.08. The van der Waals surface area contributed by atoms with Gasteiger partial charge >= 0.3 is 5.97 Å². The van der Waals surface area contributed by atoms with Crippen molar-refractivity contribution in [2.45, 2.75) is 38.8 Å². The summed E-state index contributed by atoms with van der Waals surface area (Å²) in [5.74, 6) is -1.02. The predicted octanol–water partition coefficient (Wildman–Crippen LogP) is 0.851. The van der Waals surface area contributed by atoms with E-state index in [9.17, 15) is 4.79 Å². The molecule has 0 spiro atoms. The molecule has 1 fully saturated rings. The molecule has 0 aromatic carbocycles. The summed E-state index contributed by atoms with van der Waals surface area (Å²) in [7, 11) is 0. The van der Waals surface area contributed by atoms with Crippen LogP contribution in [0.2, 0.25) is 0 Å². The van der Waals surface area contributed by atoms with E-state index >= 15 is 0 Å². The van der Waals surface area contributed by atoms with Gasteiger partial charge in [-0.05, 0) is 32.4 Å². The number of carbonyl (C=O) groups is 1. The Kier molecular flexibility index (Phi) is 3.73. The fraction of sp³-hybridized carbons (Fsp3) is 0.727. The maximum absolute atomic E-state index is 10.7. The first-order chi connectivity index (χ1) is 8.20. The van der Waals surface area contributed by atoms with Crippen molar-refractivity contribution in [3.05, 3.63) is 11.9 Å². The van der Waals surface area contributed by atoms with E-state index in [4.69, 9.17) is 5.11 Å². The lowest BCUT2D eigenvalue weighted by Crippen LogP contribution is -2.33. The van der Waals surface area contributed by atoms with Gasteiger partial charge < -0.3 is 5.11 Å². The third-order valence-electron chi connectivity index (χ3n) is 3.17. The largest absolute Gasteiger partial charge is 0.476 e. The lowest BCUT2D eigenvalue weighted by atomic mass is 10.2. The molecule has 1 saturated heterocycles.